The fourth-order valence-electron chi connectivity index (χ4n) is 6.87. The second-order valence-electron chi connectivity index (χ2n) is 9.00. The lowest BCUT2D eigenvalue weighted by atomic mass is 9.39. The van der Waals surface area contributed by atoms with Gasteiger partial charge in [-0.1, -0.05) is 25.7 Å². The van der Waals surface area contributed by atoms with E-state index < -0.39 is 0 Å². The van der Waals surface area contributed by atoms with Crippen LogP contribution >= 0.6 is 0 Å². The van der Waals surface area contributed by atoms with Crippen LogP contribution in [0, 0.1) is 41.4 Å². The molecule has 112 valence electrons. The van der Waals surface area contributed by atoms with Crippen LogP contribution in [0.4, 0.5) is 0 Å². The van der Waals surface area contributed by atoms with E-state index in [1.54, 1.807) is 0 Å². The predicted octanol–water partition coefficient (Wildman–Crippen LogP) is 4.90. The maximum Gasteiger partial charge on any atom is 0.0257 e. The number of hydrogen-bond donors (Lipinski definition) is 0. The van der Waals surface area contributed by atoms with Crippen LogP contribution in [-0.4, -0.2) is 0 Å². The Kier molecular flexibility index (Phi) is 2.67. The summed E-state index contributed by atoms with van der Waals surface area (Å²) in [5, 5.41) is 0. The Morgan fingerprint density at radius 3 is 1.86 bits per heavy atom. The number of benzene rings is 1. The van der Waals surface area contributed by atoms with Crippen LogP contribution in [-0.2, 0) is 5.41 Å². The van der Waals surface area contributed by atoms with Crippen molar-refractivity contribution in [3.8, 4) is 24.7 Å². The average Bonchev–Trinajstić information content (AvgIpc) is 2.42. The van der Waals surface area contributed by atoms with Crippen molar-refractivity contribution < 1.29 is 0 Å². The van der Waals surface area contributed by atoms with E-state index in [2.05, 4.69) is 37.8 Å². The van der Waals surface area contributed by atoms with Crippen LogP contribution in [0.1, 0.15) is 69.1 Å². The number of terminal acetylenes is 2. The van der Waals surface area contributed by atoms with Gasteiger partial charge in [-0.2, -0.15) is 0 Å². The fourth-order valence-corrected chi connectivity index (χ4v) is 6.87. The summed E-state index contributed by atoms with van der Waals surface area (Å²) < 4.78 is 0. The largest absolute Gasteiger partial charge is 0.115 e. The summed E-state index contributed by atoms with van der Waals surface area (Å²) in [6, 6.07) is 6.44. The molecule has 0 spiro atoms. The third-order valence-corrected chi connectivity index (χ3v) is 6.50. The first kappa shape index (κ1) is 14.0. The molecule has 0 aromatic heterocycles. The molecule has 0 N–H and O–H groups in total. The van der Waals surface area contributed by atoms with E-state index in [1.807, 2.05) is 6.07 Å². The average molecular weight is 288 g/mol. The minimum Gasteiger partial charge on any atom is -0.115 e. The Balaban J connectivity index is 1.86. The van der Waals surface area contributed by atoms with Gasteiger partial charge < -0.3 is 0 Å². The molecule has 5 rings (SSSR count). The van der Waals surface area contributed by atoms with Gasteiger partial charge in [-0.05, 0) is 84.5 Å². The van der Waals surface area contributed by atoms with Gasteiger partial charge in [-0.3, -0.25) is 0 Å². The van der Waals surface area contributed by atoms with E-state index in [0.717, 1.165) is 17.0 Å². The summed E-state index contributed by atoms with van der Waals surface area (Å²) >= 11 is 0. The Morgan fingerprint density at radius 2 is 1.41 bits per heavy atom. The van der Waals surface area contributed by atoms with E-state index in [9.17, 15) is 0 Å². The van der Waals surface area contributed by atoms with Crippen molar-refractivity contribution >= 4 is 0 Å². The Hall–Kier alpha value is -1.66. The molecule has 0 nitrogen and oxygen atoms in total. The lowest BCUT2D eigenvalue weighted by molar-refractivity contribution is -0.110. The summed E-state index contributed by atoms with van der Waals surface area (Å²) in [7, 11) is 0. The minimum absolute atomic E-state index is 0.307. The van der Waals surface area contributed by atoms with Crippen LogP contribution in [0.3, 0.4) is 0 Å². The molecule has 1 aromatic carbocycles. The van der Waals surface area contributed by atoms with E-state index >= 15 is 0 Å². The van der Waals surface area contributed by atoms with Crippen molar-refractivity contribution in [1.82, 2.24) is 0 Å². The number of rotatable bonds is 1. The molecule has 4 aliphatic rings. The normalized spacial score (nSPS) is 41.9. The SMILES string of the molecule is C#Cc1cc(C#C)cc(C23CC4CC(C)(CC(C)(C4)C2)C3)c1. The maximum atomic E-state index is 5.67. The highest BCUT2D eigenvalue weighted by atomic mass is 14.6. The highest BCUT2D eigenvalue weighted by molar-refractivity contribution is 5.48. The van der Waals surface area contributed by atoms with Crippen molar-refractivity contribution in [2.24, 2.45) is 16.7 Å². The lowest BCUT2D eigenvalue weighted by Crippen LogP contribution is -2.56. The molecule has 0 heterocycles. The molecule has 4 saturated carbocycles. The smallest absolute Gasteiger partial charge is 0.0257 e. The summed E-state index contributed by atoms with van der Waals surface area (Å²) in [6.45, 7) is 5.02. The van der Waals surface area contributed by atoms with Crippen LogP contribution in [0.25, 0.3) is 0 Å². The van der Waals surface area contributed by atoms with Gasteiger partial charge >= 0.3 is 0 Å². The van der Waals surface area contributed by atoms with Crippen LogP contribution in [0.15, 0.2) is 18.2 Å². The van der Waals surface area contributed by atoms with Gasteiger partial charge in [-0.15, -0.1) is 12.8 Å². The topological polar surface area (TPSA) is 0 Å². The summed E-state index contributed by atoms with van der Waals surface area (Å²) in [4.78, 5) is 0. The molecule has 0 amide bonds. The van der Waals surface area contributed by atoms with E-state index in [1.165, 1.54) is 44.1 Å². The highest BCUT2D eigenvalue weighted by Gasteiger charge is 2.60. The van der Waals surface area contributed by atoms with Gasteiger partial charge in [0.05, 0.1) is 0 Å². The van der Waals surface area contributed by atoms with Crippen LogP contribution < -0.4 is 0 Å². The fraction of sp³-hybridized carbons (Fsp3) is 0.545. The molecular formula is C22H24. The zero-order valence-electron chi connectivity index (χ0n) is 13.7. The zero-order chi connectivity index (χ0) is 15.6. The van der Waals surface area contributed by atoms with Crippen molar-refractivity contribution in [1.29, 1.82) is 0 Å². The van der Waals surface area contributed by atoms with E-state index in [-0.39, 0.29) is 0 Å². The first-order valence-electron chi connectivity index (χ1n) is 8.47. The molecule has 4 fully saturated rings. The molecule has 2 atom stereocenters. The predicted molar refractivity (Wildman–Crippen MR) is 91.4 cm³/mol. The quantitative estimate of drug-likeness (QED) is 0.645. The monoisotopic (exact) mass is 288 g/mol. The van der Waals surface area contributed by atoms with Gasteiger partial charge in [0.25, 0.3) is 0 Å². The van der Waals surface area contributed by atoms with Gasteiger partial charge in [-0.25, -0.2) is 0 Å². The Morgan fingerprint density at radius 1 is 0.864 bits per heavy atom. The molecule has 0 radical (unpaired) electrons. The first-order chi connectivity index (χ1) is 10.4. The van der Waals surface area contributed by atoms with Gasteiger partial charge in [0.15, 0.2) is 0 Å². The lowest BCUT2D eigenvalue weighted by Gasteiger charge is -2.65. The molecule has 1 aromatic rings. The molecular weight excluding hydrogens is 264 g/mol. The van der Waals surface area contributed by atoms with Crippen LogP contribution in [0.5, 0.6) is 0 Å². The Bertz CT molecular complexity index is 673. The van der Waals surface area contributed by atoms with Gasteiger partial charge in [0.1, 0.15) is 0 Å². The standard InChI is InChI=1S/C22H24/c1-5-16-7-17(6-2)9-19(8-16)22-12-18-10-20(3,14-22)13-21(4,11-18)15-22/h1-2,7-9,18H,10-15H2,3-4H3. The van der Waals surface area contributed by atoms with Gasteiger partial charge in [0.2, 0.25) is 0 Å². The van der Waals surface area contributed by atoms with E-state index in [4.69, 9.17) is 12.8 Å². The summed E-state index contributed by atoms with van der Waals surface area (Å²) in [5.74, 6) is 6.48. The third kappa shape index (κ3) is 1.94. The molecule has 2 unspecified atom stereocenters. The zero-order valence-corrected chi connectivity index (χ0v) is 13.7. The second kappa shape index (κ2) is 4.20. The number of hydrogen-bond acceptors (Lipinski definition) is 0. The molecule has 4 bridgehead atoms. The highest BCUT2D eigenvalue weighted by Crippen LogP contribution is 2.69. The van der Waals surface area contributed by atoms with Crippen molar-refractivity contribution in [2.75, 3.05) is 0 Å². The molecule has 0 aliphatic heterocycles. The van der Waals surface area contributed by atoms with E-state index in [0.29, 0.717) is 16.2 Å². The molecule has 0 saturated heterocycles. The first-order valence-corrected chi connectivity index (χ1v) is 8.47. The second-order valence-corrected chi connectivity index (χ2v) is 9.00. The summed E-state index contributed by atoms with van der Waals surface area (Å²) in [6.07, 6.45) is 19.5. The third-order valence-electron chi connectivity index (χ3n) is 6.50. The van der Waals surface area contributed by atoms with Gasteiger partial charge in [0, 0.05) is 11.1 Å². The van der Waals surface area contributed by atoms with Crippen molar-refractivity contribution in [3.05, 3.63) is 34.9 Å². The minimum atomic E-state index is 0.307. The van der Waals surface area contributed by atoms with Crippen LogP contribution in [0.2, 0.25) is 0 Å². The van der Waals surface area contributed by atoms with Crippen molar-refractivity contribution in [2.45, 2.75) is 57.8 Å². The molecule has 4 aliphatic carbocycles. The molecule has 0 heteroatoms. The Labute approximate surface area is 134 Å². The van der Waals surface area contributed by atoms with Crippen molar-refractivity contribution in [3.63, 3.8) is 0 Å². The maximum absolute atomic E-state index is 5.67. The molecule has 22 heavy (non-hydrogen) atoms. The summed E-state index contributed by atoms with van der Waals surface area (Å²) in [5.41, 5.74) is 4.62.